The van der Waals surface area contributed by atoms with Gasteiger partial charge >= 0.3 is 0 Å². The molecule has 166 valence electrons. The number of nitrogens with zero attached hydrogens (tertiary/aromatic N) is 3. The van der Waals surface area contributed by atoms with Crippen LogP contribution >= 0.6 is 0 Å². The average molecular weight is 439 g/mol. The molecule has 2 aromatic carbocycles. The first-order valence-corrected chi connectivity index (χ1v) is 11.2. The zero-order valence-electron chi connectivity index (χ0n) is 18.7. The molecular formula is C27H26N4O2. The van der Waals surface area contributed by atoms with Crippen molar-refractivity contribution in [3.8, 4) is 6.07 Å². The second kappa shape index (κ2) is 8.68. The van der Waals surface area contributed by atoms with Crippen LogP contribution in [0.2, 0.25) is 0 Å². The van der Waals surface area contributed by atoms with E-state index >= 15 is 0 Å². The van der Waals surface area contributed by atoms with E-state index in [1.54, 1.807) is 6.07 Å². The Morgan fingerprint density at radius 3 is 2.85 bits per heavy atom. The quantitative estimate of drug-likeness (QED) is 0.669. The topological polar surface area (TPSA) is 78.2 Å². The van der Waals surface area contributed by atoms with Crippen LogP contribution in [0.25, 0.3) is 0 Å². The molecular weight excluding hydrogens is 412 g/mol. The number of carbonyl (C=O) groups excluding carboxylic acids is 1. The van der Waals surface area contributed by atoms with Crippen molar-refractivity contribution in [3.05, 3.63) is 94.3 Å². The van der Waals surface area contributed by atoms with Gasteiger partial charge in [-0.15, -0.1) is 0 Å². The number of nitrogens with one attached hydrogen (secondary N) is 1. The number of benzene rings is 2. The number of hydrogen-bond donors (Lipinski definition) is 1. The van der Waals surface area contributed by atoms with Crippen molar-refractivity contribution in [1.29, 1.82) is 5.26 Å². The lowest BCUT2D eigenvalue weighted by atomic mass is 9.79. The predicted molar refractivity (Wildman–Crippen MR) is 126 cm³/mol. The van der Waals surface area contributed by atoms with Crippen LogP contribution in [0.5, 0.6) is 0 Å². The van der Waals surface area contributed by atoms with Crippen LogP contribution in [-0.2, 0) is 36.3 Å². The molecule has 0 fully saturated rings. The summed E-state index contributed by atoms with van der Waals surface area (Å²) in [5.74, 6) is -0.171. The summed E-state index contributed by atoms with van der Waals surface area (Å²) in [5.41, 5.74) is 6.22. The molecule has 0 radical (unpaired) electrons. The number of fused-ring (bicyclic) bond motifs is 2. The summed E-state index contributed by atoms with van der Waals surface area (Å²) in [6.45, 7) is 4.81. The molecule has 5 rings (SSSR count). The molecule has 0 bridgehead atoms. The van der Waals surface area contributed by atoms with Crippen molar-refractivity contribution in [2.75, 3.05) is 18.1 Å². The molecule has 0 unspecified atom stereocenters. The first-order valence-electron chi connectivity index (χ1n) is 11.2. The number of nitriles is 1. The number of amides is 1. The van der Waals surface area contributed by atoms with E-state index < -0.39 is 5.41 Å². The third-order valence-electron chi connectivity index (χ3n) is 6.56. The minimum atomic E-state index is -0.742. The van der Waals surface area contributed by atoms with E-state index in [1.165, 1.54) is 16.8 Å². The molecule has 0 aliphatic carbocycles. The molecule has 1 aromatic heterocycles. The normalized spacial score (nSPS) is 19.2. The highest BCUT2D eigenvalue weighted by atomic mass is 16.5. The lowest BCUT2D eigenvalue weighted by molar-refractivity contribution is 0.0757. The van der Waals surface area contributed by atoms with Gasteiger partial charge in [0.25, 0.3) is 5.91 Å². The molecule has 1 amide bonds. The standard InChI is InChI=1S/C27H26N4O2/c1-27(17-28)18-33-16-21-8-7-19(12-25(21)27)26(32)30-14-23-11-22-15-31(10-9-20(22)13-29-23)24-5-3-2-4-6-24/h2-8,11-13H,9-10,14-16,18H2,1H3,(H,30,32)/t27-/m1/s1. The molecule has 2 aliphatic rings. The van der Waals surface area contributed by atoms with Crippen LogP contribution in [0, 0.1) is 11.3 Å². The predicted octanol–water partition coefficient (Wildman–Crippen LogP) is 3.89. The number of pyridine rings is 1. The third kappa shape index (κ3) is 4.20. The van der Waals surface area contributed by atoms with Crippen LogP contribution in [0.3, 0.4) is 0 Å². The molecule has 33 heavy (non-hydrogen) atoms. The van der Waals surface area contributed by atoms with Crippen LogP contribution < -0.4 is 10.2 Å². The Labute approximate surface area is 193 Å². The van der Waals surface area contributed by atoms with Gasteiger partial charge in [0, 0.05) is 30.5 Å². The van der Waals surface area contributed by atoms with Gasteiger partial charge in [-0.3, -0.25) is 9.78 Å². The van der Waals surface area contributed by atoms with Gasteiger partial charge in [-0.25, -0.2) is 0 Å². The van der Waals surface area contributed by atoms with Crippen molar-refractivity contribution >= 4 is 11.6 Å². The minimum absolute atomic E-state index is 0.171. The maximum Gasteiger partial charge on any atom is 0.251 e. The van der Waals surface area contributed by atoms with Crippen LogP contribution in [0.1, 0.15) is 45.2 Å². The van der Waals surface area contributed by atoms with E-state index in [1.807, 2.05) is 31.3 Å². The first kappa shape index (κ1) is 21.2. The highest BCUT2D eigenvalue weighted by molar-refractivity contribution is 5.94. The maximum atomic E-state index is 12.9. The van der Waals surface area contributed by atoms with Crippen molar-refractivity contribution in [3.63, 3.8) is 0 Å². The summed E-state index contributed by atoms with van der Waals surface area (Å²) < 4.78 is 5.55. The van der Waals surface area contributed by atoms with Gasteiger partial charge in [-0.1, -0.05) is 24.3 Å². The summed E-state index contributed by atoms with van der Waals surface area (Å²) in [4.78, 5) is 19.8. The zero-order valence-corrected chi connectivity index (χ0v) is 18.7. The van der Waals surface area contributed by atoms with Gasteiger partial charge in [-0.2, -0.15) is 5.26 Å². The zero-order chi connectivity index (χ0) is 22.8. The third-order valence-corrected chi connectivity index (χ3v) is 6.56. The molecule has 0 spiro atoms. The number of ether oxygens (including phenoxy) is 1. The number of anilines is 1. The summed E-state index contributed by atoms with van der Waals surface area (Å²) in [5, 5.41) is 12.6. The number of carbonyl (C=O) groups is 1. The number of para-hydroxylation sites is 1. The number of rotatable bonds is 4. The number of aromatic nitrogens is 1. The molecule has 1 N–H and O–H groups in total. The van der Waals surface area contributed by atoms with E-state index in [0.29, 0.717) is 25.3 Å². The molecule has 0 saturated heterocycles. The smallest absolute Gasteiger partial charge is 0.251 e. The van der Waals surface area contributed by atoms with Crippen molar-refractivity contribution < 1.29 is 9.53 Å². The molecule has 0 saturated carbocycles. The first-order chi connectivity index (χ1) is 16.1. The highest BCUT2D eigenvalue weighted by Crippen LogP contribution is 2.32. The Morgan fingerprint density at radius 2 is 2.03 bits per heavy atom. The van der Waals surface area contributed by atoms with Gasteiger partial charge in [0.15, 0.2) is 0 Å². The lowest BCUT2D eigenvalue weighted by Crippen LogP contribution is -2.33. The molecule has 6 heteroatoms. The van der Waals surface area contributed by atoms with Gasteiger partial charge in [0.1, 0.15) is 5.41 Å². The molecule has 2 aliphatic heterocycles. The lowest BCUT2D eigenvalue weighted by Gasteiger charge is -2.30. The minimum Gasteiger partial charge on any atom is -0.375 e. The van der Waals surface area contributed by atoms with E-state index in [9.17, 15) is 10.1 Å². The summed E-state index contributed by atoms with van der Waals surface area (Å²) in [7, 11) is 0. The highest BCUT2D eigenvalue weighted by Gasteiger charge is 2.33. The molecule has 3 aromatic rings. The Kier molecular flexibility index (Phi) is 5.57. The SMILES string of the molecule is C[C@@]1(C#N)COCc2ccc(C(=O)NCc3cc4c(cn3)CCN(c3ccccc3)C4)cc21. The van der Waals surface area contributed by atoms with Crippen LogP contribution in [-0.4, -0.2) is 24.0 Å². The summed E-state index contributed by atoms with van der Waals surface area (Å²) in [6.07, 6.45) is 2.90. The largest absolute Gasteiger partial charge is 0.375 e. The average Bonchev–Trinajstić information content (AvgIpc) is 2.87. The molecule has 3 heterocycles. The summed E-state index contributed by atoms with van der Waals surface area (Å²) in [6, 6.07) is 20.4. The monoisotopic (exact) mass is 438 g/mol. The van der Waals surface area contributed by atoms with E-state index in [4.69, 9.17) is 4.74 Å². The molecule has 6 nitrogen and oxygen atoms in total. The van der Waals surface area contributed by atoms with Crippen LogP contribution in [0.4, 0.5) is 5.69 Å². The van der Waals surface area contributed by atoms with E-state index in [-0.39, 0.29) is 5.91 Å². The summed E-state index contributed by atoms with van der Waals surface area (Å²) >= 11 is 0. The van der Waals surface area contributed by atoms with Gasteiger partial charge < -0.3 is 15.0 Å². The van der Waals surface area contributed by atoms with Gasteiger partial charge in [0.05, 0.1) is 31.5 Å². The Balaban J connectivity index is 1.29. The van der Waals surface area contributed by atoms with Gasteiger partial charge in [-0.05, 0) is 65.9 Å². The fourth-order valence-corrected chi connectivity index (χ4v) is 4.61. The second-order valence-electron chi connectivity index (χ2n) is 8.94. The van der Waals surface area contributed by atoms with Crippen LogP contribution in [0.15, 0.2) is 60.8 Å². The van der Waals surface area contributed by atoms with Crippen molar-refractivity contribution in [1.82, 2.24) is 10.3 Å². The van der Waals surface area contributed by atoms with E-state index in [0.717, 1.165) is 36.3 Å². The fraction of sp³-hybridized carbons (Fsp3) is 0.296. The fourth-order valence-electron chi connectivity index (χ4n) is 4.61. The van der Waals surface area contributed by atoms with Crippen molar-refractivity contribution in [2.24, 2.45) is 0 Å². The van der Waals surface area contributed by atoms with Gasteiger partial charge in [0.2, 0.25) is 0 Å². The Hall–Kier alpha value is -3.69. The Bertz CT molecular complexity index is 1230. The molecule has 1 atom stereocenters. The van der Waals surface area contributed by atoms with E-state index in [2.05, 4.69) is 51.6 Å². The Morgan fingerprint density at radius 1 is 1.18 bits per heavy atom. The maximum absolute atomic E-state index is 12.9. The second-order valence-corrected chi connectivity index (χ2v) is 8.94. The van der Waals surface area contributed by atoms with Crippen molar-refractivity contribution in [2.45, 2.75) is 38.5 Å². The number of hydrogen-bond acceptors (Lipinski definition) is 5.